The number of aliphatic hydroxyl groups excluding tert-OH is 1. The van der Waals surface area contributed by atoms with Crippen molar-refractivity contribution in [2.45, 2.75) is 31.5 Å². The molecule has 0 spiro atoms. The maximum absolute atomic E-state index is 10.1. The van der Waals surface area contributed by atoms with E-state index in [2.05, 4.69) is 21.2 Å². The van der Waals surface area contributed by atoms with Gasteiger partial charge in [-0.25, -0.2) is 0 Å². The molecule has 1 aromatic rings. The molecule has 1 fully saturated rings. The van der Waals surface area contributed by atoms with E-state index in [-0.39, 0.29) is 6.10 Å². The maximum Gasteiger partial charge on any atom is 0.162 e. The number of halogens is 1. The fourth-order valence-corrected chi connectivity index (χ4v) is 2.62. The van der Waals surface area contributed by atoms with E-state index in [1.165, 1.54) is 6.42 Å². The van der Waals surface area contributed by atoms with Crippen LogP contribution >= 0.6 is 15.9 Å². The Labute approximate surface area is 122 Å². The highest BCUT2D eigenvalue weighted by Gasteiger charge is 2.22. The number of rotatable bonds is 6. The monoisotopic (exact) mass is 329 g/mol. The van der Waals surface area contributed by atoms with Crippen LogP contribution in [-0.4, -0.2) is 31.9 Å². The first-order chi connectivity index (χ1) is 9.15. The standard InChI is InChI=1S/C14H20BrNO3/c1-16-8-12(17)10-6-14(19-9-4-3-5-9)13(18-2)7-11(10)15/h6-7,9,12,16-17H,3-5,8H2,1-2H3. The minimum Gasteiger partial charge on any atom is -0.493 e. The summed E-state index contributed by atoms with van der Waals surface area (Å²) in [6.07, 6.45) is 3.11. The van der Waals surface area contributed by atoms with E-state index in [4.69, 9.17) is 9.47 Å². The van der Waals surface area contributed by atoms with Gasteiger partial charge < -0.3 is 19.9 Å². The van der Waals surface area contributed by atoms with Crippen LogP contribution in [0.1, 0.15) is 30.9 Å². The molecule has 0 radical (unpaired) electrons. The zero-order valence-corrected chi connectivity index (χ0v) is 12.9. The summed E-state index contributed by atoms with van der Waals surface area (Å²) in [4.78, 5) is 0. The molecule has 4 nitrogen and oxygen atoms in total. The number of hydrogen-bond donors (Lipinski definition) is 2. The van der Waals surface area contributed by atoms with Gasteiger partial charge in [-0.1, -0.05) is 15.9 Å². The Balaban J connectivity index is 2.25. The lowest BCUT2D eigenvalue weighted by Crippen LogP contribution is -2.25. The fraction of sp³-hybridized carbons (Fsp3) is 0.571. The number of hydrogen-bond acceptors (Lipinski definition) is 4. The molecule has 0 heterocycles. The van der Waals surface area contributed by atoms with Crippen LogP contribution in [0.5, 0.6) is 11.5 Å². The lowest BCUT2D eigenvalue weighted by Gasteiger charge is -2.28. The van der Waals surface area contributed by atoms with Crippen molar-refractivity contribution in [2.24, 2.45) is 0 Å². The Morgan fingerprint density at radius 3 is 2.68 bits per heavy atom. The Kier molecular flexibility index (Phi) is 5.07. The predicted octanol–water partition coefficient (Wildman–Crippen LogP) is 2.64. The van der Waals surface area contributed by atoms with Gasteiger partial charge in [-0.2, -0.15) is 0 Å². The van der Waals surface area contributed by atoms with Crippen LogP contribution in [0.3, 0.4) is 0 Å². The van der Waals surface area contributed by atoms with Crippen LogP contribution in [0.25, 0.3) is 0 Å². The molecule has 2 rings (SSSR count). The van der Waals surface area contributed by atoms with Gasteiger partial charge in [0.25, 0.3) is 0 Å². The van der Waals surface area contributed by atoms with Crippen molar-refractivity contribution in [3.8, 4) is 11.5 Å². The molecule has 1 atom stereocenters. The molecule has 0 aromatic heterocycles. The van der Waals surface area contributed by atoms with Crippen molar-refractivity contribution >= 4 is 15.9 Å². The molecular formula is C14H20BrNO3. The van der Waals surface area contributed by atoms with Gasteiger partial charge in [-0.15, -0.1) is 0 Å². The summed E-state index contributed by atoms with van der Waals surface area (Å²) < 4.78 is 12.1. The first-order valence-electron chi connectivity index (χ1n) is 6.52. The highest BCUT2D eigenvalue weighted by atomic mass is 79.9. The molecular weight excluding hydrogens is 310 g/mol. The fourth-order valence-electron chi connectivity index (χ4n) is 2.03. The SMILES string of the molecule is CNCC(O)c1cc(OC2CCC2)c(OC)cc1Br. The van der Waals surface area contributed by atoms with E-state index < -0.39 is 6.10 Å². The zero-order chi connectivity index (χ0) is 13.8. The molecule has 1 saturated carbocycles. The van der Waals surface area contributed by atoms with E-state index in [0.717, 1.165) is 22.9 Å². The molecule has 19 heavy (non-hydrogen) atoms. The first kappa shape index (κ1) is 14.6. The predicted molar refractivity (Wildman–Crippen MR) is 77.8 cm³/mol. The number of nitrogens with one attached hydrogen (secondary N) is 1. The summed E-state index contributed by atoms with van der Waals surface area (Å²) >= 11 is 3.47. The highest BCUT2D eigenvalue weighted by molar-refractivity contribution is 9.10. The van der Waals surface area contributed by atoms with E-state index in [1.807, 2.05) is 19.2 Å². The molecule has 0 bridgehead atoms. The second kappa shape index (κ2) is 6.59. The molecule has 1 aromatic carbocycles. The van der Waals surface area contributed by atoms with Crippen molar-refractivity contribution in [3.63, 3.8) is 0 Å². The molecule has 0 saturated heterocycles. The minimum atomic E-state index is -0.575. The van der Waals surface area contributed by atoms with Gasteiger partial charge in [0.15, 0.2) is 11.5 Å². The molecule has 1 aliphatic rings. The summed E-state index contributed by atoms with van der Waals surface area (Å²) in [6.45, 7) is 0.494. The van der Waals surface area contributed by atoms with Gasteiger partial charge in [-0.3, -0.25) is 0 Å². The molecule has 1 unspecified atom stereocenters. The third-order valence-corrected chi connectivity index (χ3v) is 4.07. The summed E-state index contributed by atoms with van der Waals surface area (Å²) in [5.41, 5.74) is 0.810. The van der Waals surface area contributed by atoms with E-state index in [0.29, 0.717) is 18.0 Å². The zero-order valence-electron chi connectivity index (χ0n) is 11.3. The van der Waals surface area contributed by atoms with E-state index in [1.54, 1.807) is 7.11 Å². The third kappa shape index (κ3) is 3.41. The van der Waals surface area contributed by atoms with Crippen molar-refractivity contribution in [3.05, 3.63) is 22.2 Å². The van der Waals surface area contributed by atoms with E-state index >= 15 is 0 Å². The van der Waals surface area contributed by atoms with Crippen molar-refractivity contribution in [1.82, 2.24) is 5.32 Å². The summed E-state index contributed by atoms with van der Waals surface area (Å²) in [5, 5.41) is 13.1. The third-order valence-electron chi connectivity index (χ3n) is 3.39. The second-order valence-electron chi connectivity index (χ2n) is 4.77. The molecule has 1 aliphatic carbocycles. The smallest absolute Gasteiger partial charge is 0.162 e. The minimum absolute atomic E-state index is 0.282. The Bertz CT molecular complexity index is 435. The van der Waals surface area contributed by atoms with Gasteiger partial charge in [0, 0.05) is 11.0 Å². The summed E-state index contributed by atoms with van der Waals surface area (Å²) in [5.74, 6) is 1.40. The number of likely N-dealkylation sites (N-methyl/N-ethyl adjacent to an activating group) is 1. The summed E-state index contributed by atoms with van der Waals surface area (Å²) in [6, 6.07) is 3.71. The normalized spacial score (nSPS) is 16.8. The lowest BCUT2D eigenvalue weighted by atomic mass is 9.96. The first-order valence-corrected chi connectivity index (χ1v) is 7.31. The summed E-state index contributed by atoms with van der Waals surface area (Å²) in [7, 11) is 3.44. The van der Waals surface area contributed by atoms with Crippen LogP contribution in [-0.2, 0) is 0 Å². The van der Waals surface area contributed by atoms with Crippen LogP contribution in [0, 0.1) is 0 Å². The van der Waals surface area contributed by atoms with Crippen LogP contribution in [0.2, 0.25) is 0 Å². The van der Waals surface area contributed by atoms with Crippen molar-refractivity contribution in [2.75, 3.05) is 20.7 Å². The molecule has 0 aliphatic heterocycles. The molecule has 2 N–H and O–H groups in total. The second-order valence-corrected chi connectivity index (χ2v) is 5.62. The number of benzene rings is 1. The molecule has 5 heteroatoms. The number of ether oxygens (including phenoxy) is 2. The Hall–Kier alpha value is -0.780. The Morgan fingerprint density at radius 2 is 2.16 bits per heavy atom. The van der Waals surface area contributed by atoms with Crippen molar-refractivity contribution < 1.29 is 14.6 Å². The van der Waals surface area contributed by atoms with Gasteiger partial charge in [0.2, 0.25) is 0 Å². The highest BCUT2D eigenvalue weighted by Crippen LogP contribution is 2.38. The van der Waals surface area contributed by atoms with Gasteiger partial charge in [-0.05, 0) is 44.0 Å². The van der Waals surface area contributed by atoms with Gasteiger partial charge in [0.05, 0.1) is 19.3 Å². The largest absolute Gasteiger partial charge is 0.493 e. The molecule has 106 valence electrons. The maximum atomic E-state index is 10.1. The van der Waals surface area contributed by atoms with Crippen LogP contribution < -0.4 is 14.8 Å². The van der Waals surface area contributed by atoms with Gasteiger partial charge >= 0.3 is 0 Å². The lowest BCUT2D eigenvalue weighted by molar-refractivity contribution is 0.115. The average molecular weight is 330 g/mol. The Morgan fingerprint density at radius 1 is 1.42 bits per heavy atom. The average Bonchev–Trinajstić information content (AvgIpc) is 2.34. The number of methoxy groups -OCH3 is 1. The van der Waals surface area contributed by atoms with Crippen LogP contribution in [0.15, 0.2) is 16.6 Å². The molecule has 0 amide bonds. The topological polar surface area (TPSA) is 50.7 Å². The van der Waals surface area contributed by atoms with Gasteiger partial charge in [0.1, 0.15) is 0 Å². The number of aliphatic hydroxyl groups is 1. The van der Waals surface area contributed by atoms with Crippen LogP contribution in [0.4, 0.5) is 0 Å². The quantitative estimate of drug-likeness (QED) is 0.842. The van der Waals surface area contributed by atoms with Crippen molar-refractivity contribution in [1.29, 1.82) is 0 Å². The van der Waals surface area contributed by atoms with E-state index in [9.17, 15) is 5.11 Å².